The van der Waals surface area contributed by atoms with Gasteiger partial charge in [0.15, 0.2) is 5.69 Å². The van der Waals surface area contributed by atoms with Crippen LogP contribution >= 0.6 is 0 Å². The van der Waals surface area contributed by atoms with Crippen molar-refractivity contribution in [3.63, 3.8) is 0 Å². The molecule has 126 valence electrons. The lowest BCUT2D eigenvalue weighted by Crippen LogP contribution is -2.35. The largest absolute Gasteiger partial charge is 0.298 e. The Balaban J connectivity index is 2.10. The number of nitrogens with zero attached hydrogens (tertiary/aromatic N) is 2. The molecular formula is C23H19N2O+. The summed E-state index contributed by atoms with van der Waals surface area (Å²) in [5.41, 5.74) is 7.01. The number of aryl methyl sites for hydroxylation is 2. The lowest BCUT2D eigenvalue weighted by Gasteiger charge is -2.35. The van der Waals surface area contributed by atoms with Gasteiger partial charge in [-0.3, -0.25) is 4.79 Å². The van der Waals surface area contributed by atoms with Crippen LogP contribution in [0.5, 0.6) is 0 Å². The molecule has 1 heterocycles. The Morgan fingerprint density at radius 2 is 1.54 bits per heavy atom. The first-order chi connectivity index (χ1) is 12.7. The van der Waals surface area contributed by atoms with E-state index in [2.05, 4.69) is 37.4 Å². The fourth-order valence-corrected chi connectivity index (χ4v) is 4.09. The van der Waals surface area contributed by atoms with Gasteiger partial charge >= 0.3 is 0 Å². The average Bonchev–Trinajstić information content (AvgIpc) is 2.83. The molecule has 1 aliphatic heterocycles. The lowest BCUT2D eigenvalue weighted by molar-refractivity contribution is 0.112. The monoisotopic (exact) mass is 339 g/mol. The van der Waals surface area contributed by atoms with Gasteiger partial charge < -0.3 is 0 Å². The first-order valence-corrected chi connectivity index (χ1v) is 8.72. The minimum Gasteiger partial charge on any atom is -0.298 e. The van der Waals surface area contributed by atoms with Crippen LogP contribution in [0.1, 0.15) is 27.0 Å². The minimum absolute atomic E-state index is 0.425. The van der Waals surface area contributed by atoms with Crippen LogP contribution in [0.15, 0.2) is 66.7 Å². The van der Waals surface area contributed by atoms with Crippen molar-refractivity contribution in [3.05, 3.63) is 89.0 Å². The van der Waals surface area contributed by atoms with E-state index in [1.807, 2.05) is 42.5 Å². The molecule has 0 saturated carbocycles. The van der Waals surface area contributed by atoms with Gasteiger partial charge in [-0.25, -0.2) is 4.48 Å². The highest BCUT2D eigenvalue weighted by molar-refractivity contribution is 5.82. The molecule has 0 aliphatic carbocycles. The zero-order valence-corrected chi connectivity index (χ0v) is 14.6. The standard InChI is InChI=1S/C23H19N2O/c1-25(22-9-5-3-7-20(22)15-24)21-8-4-2-6-18(21)11-12-19-14-17(16-26)10-13-23(19)25/h2-10,13-14,16H,11-12H2,1H3/q+1. The van der Waals surface area contributed by atoms with Crippen molar-refractivity contribution in [2.45, 2.75) is 12.8 Å². The second kappa shape index (κ2) is 6.25. The Kier molecular flexibility index (Phi) is 3.91. The van der Waals surface area contributed by atoms with Crippen LogP contribution in [-0.2, 0) is 12.8 Å². The number of fused-ring (bicyclic) bond motifs is 2. The van der Waals surface area contributed by atoms with Crippen LogP contribution in [0.3, 0.4) is 0 Å². The van der Waals surface area contributed by atoms with Gasteiger partial charge in [-0.1, -0.05) is 30.3 Å². The number of hydrogen-bond donors (Lipinski definition) is 0. The van der Waals surface area contributed by atoms with E-state index in [0.29, 0.717) is 15.6 Å². The number of nitriles is 1. The van der Waals surface area contributed by atoms with Crippen molar-refractivity contribution in [2.75, 3.05) is 7.05 Å². The van der Waals surface area contributed by atoms with Crippen LogP contribution < -0.4 is 4.48 Å². The van der Waals surface area contributed by atoms with Crippen molar-refractivity contribution in [3.8, 4) is 6.07 Å². The predicted octanol–water partition coefficient (Wildman–Crippen LogP) is 5.07. The summed E-state index contributed by atoms with van der Waals surface area (Å²) in [4.78, 5) is 11.3. The number of rotatable bonds is 2. The molecule has 3 heteroatoms. The van der Waals surface area contributed by atoms with Gasteiger partial charge in [0.1, 0.15) is 29.3 Å². The number of aldehydes is 1. The van der Waals surface area contributed by atoms with E-state index in [4.69, 9.17) is 0 Å². The van der Waals surface area contributed by atoms with Crippen LogP contribution in [-0.4, -0.2) is 13.3 Å². The van der Waals surface area contributed by atoms with Crippen molar-refractivity contribution >= 4 is 23.3 Å². The van der Waals surface area contributed by atoms with Gasteiger partial charge in [0.2, 0.25) is 0 Å². The molecule has 0 amide bonds. The normalized spacial score (nSPS) is 18.2. The topological polar surface area (TPSA) is 40.9 Å². The molecule has 1 aliphatic rings. The second-order valence-electron chi connectivity index (χ2n) is 6.77. The van der Waals surface area contributed by atoms with Crippen LogP contribution in [0.4, 0.5) is 17.1 Å². The Hall–Kier alpha value is -3.22. The van der Waals surface area contributed by atoms with Crippen molar-refractivity contribution in [2.24, 2.45) is 0 Å². The molecule has 1 unspecified atom stereocenters. The maximum Gasteiger partial charge on any atom is 0.160 e. The Morgan fingerprint density at radius 3 is 2.31 bits per heavy atom. The molecule has 1 atom stereocenters. The van der Waals surface area contributed by atoms with E-state index in [1.165, 1.54) is 11.3 Å². The quantitative estimate of drug-likeness (QED) is 0.483. The van der Waals surface area contributed by atoms with E-state index < -0.39 is 0 Å². The molecule has 4 rings (SSSR count). The minimum atomic E-state index is 0.425. The molecule has 0 fully saturated rings. The van der Waals surface area contributed by atoms with Crippen molar-refractivity contribution in [1.82, 2.24) is 4.48 Å². The number of hydrogen-bond acceptors (Lipinski definition) is 2. The molecule has 0 bridgehead atoms. The molecule has 0 spiro atoms. The van der Waals surface area contributed by atoms with E-state index in [-0.39, 0.29) is 0 Å². The summed E-state index contributed by atoms with van der Waals surface area (Å²) in [6.45, 7) is 0. The van der Waals surface area contributed by atoms with E-state index in [9.17, 15) is 10.1 Å². The fourth-order valence-electron chi connectivity index (χ4n) is 4.09. The lowest BCUT2D eigenvalue weighted by atomic mass is 10.0. The average molecular weight is 339 g/mol. The first-order valence-electron chi connectivity index (χ1n) is 8.72. The number of para-hydroxylation sites is 2. The van der Waals surface area contributed by atoms with Crippen LogP contribution in [0, 0.1) is 11.3 Å². The summed E-state index contributed by atoms with van der Waals surface area (Å²) in [5, 5.41) is 9.71. The summed E-state index contributed by atoms with van der Waals surface area (Å²) in [5.74, 6) is 0. The van der Waals surface area contributed by atoms with Gasteiger partial charge in [0, 0.05) is 34.9 Å². The van der Waals surface area contributed by atoms with Gasteiger partial charge in [-0.15, -0.1) is 0 Å². The second-order valence-corrected chi connectivity index (χ2v) is 6.77. The molecule has 3 aromatic rings. The van der Waals surface area contributed by atoms with Gasteiger partial charge in [-0.05, 0) is 31.0 Å². The number of carbonyl (C=O) groups excluding carboxylic acids is 1. The zero-order valence-electron chi connectivity index (χ0n) is 14.6. The maximum absolute atomic E-state index is 11.3. The predicted molar refractivity (Wildman–Crippen MR) is 104 cm³/mol. The number of benzene rings is 3. The number of quaternary nitrogens is 1. The Bertz CT molecular complexity index is 1050. The van der Waals surface area contributed by atoms with Gasteiger partial charge in [0.05, 0.1) is 7.05 Å². The number of carbonyl (C=O) groups is 1. The highest BCUT2D eigenvalue weighted by Crippen LogP contribution is 2.48. The summed E-state index contributed by atoms with van der Waals surface area (Å²) in [6.07, 6.45) is 2.68. The van der Waals surface area contributed by atoms with E-state index >= 15 is 0 Å². The molecule has 0 aromatic heterocycles. The third-order valence-electron chi connectivity index (χ3n) is 5.36. The maximum atomic E-state index is 11.3. The van der Waals surface area contributed by atoms with Crippen LogP contribution in [0.2, 0.25) is 0 Å². The molecule has 0 radical (unpaired) electrons. The fraction of sp³-hybridized carbons (Fsp3) is 0.130. The van der Waals surface area contributed by atoms with Crippen molar-refractivity contribution in [1.29, 1.82) is 5.26 Å². The highest BCUT2D eigenvalue weighted by atomic mass is 16.1. The van der Waals surface area contributed by atoms with Crippen LogP contribution in [0.25, 0.3) is 0 Å². The molecule has 26 heavy (non-hydrogen) atoms. The molecule has 3 nitrogen and oxygen atoms in total. The Labute approximate surface area is 153 Å². The van der Waals surface area contributed by atoms with E-state index in [1.54, 1.807) is 0 Å². The van der Waals surface area contributed by atoms with E-state index in [0.717, 1.165) is 36.1 Å². The molecule has 3 aromatic carbocycles. The zero-order chi connectivity index (χ0) is 18.1. The summed E-state index contributed by atoms with van der Waals surface area (Å²) < 4.78 is 0.425. The summed E-state index contributed by atoms with van der Waals surface area (Å²) >= 11 is 0. The smallest absolute Gasteiger partial charge is 0.160 e. The third kappa shape index (κ3) is 2.35. The highest BCUT2D eigenvalue weighted by Gasteiger charge is 2.39. The molecular weight excluding hydrogens is 320 g/mol. The molecule has 0 saturated heterocycles. The third-order valence-corrected chi connectivity index (χ3v) is 5.36. The Morgan fingerprint density at radius 1 is 0.885 bits per heavy atom. The van der Waals surface area contributed by atoms with Gasteiger partial charge in [-0.2, -0.15) is 5.26 Å². The summed E-state index contributed by atoms with van der Waals surface area (Å²) in [6, 6.07) is 24.4. The SMILES string of the molecule is C[N+]1(c2ccccc2C#N)c2ccccc2CCc2cc(C=O)ccc21. The first kappa shape index (κ1) is 16.3. The van der Waals surface area contributed by atoms with Gasteiger partial charge in [0.25, 0.3) is 0 Å². The summed E-state index contributed by atoms with van der Waals surface area (Å²) in [7, 11) is 2.14. The molecule has 0 N–H and O–H groups in total. The van der Waals surface area contributed by atoms with Crippen molar-refractivity contribution < 1.29 is 4.79 Å².